The summed E-state index contributed by atoms with van der Waals surface area (Å²) in [7, 11) is 1.55. The lowest BCUT2D eigenvalue weighted by Gasteiger charge is -2.07. The average Bonchev–Trinajstić information content (AvgIpc) is 2.46. The fourth-order valence-corrected chi connectivity index (χ4v) is 1.85. The summed E-state index contributed by atoms with van der Waals surface area (Å²) in [5.41, 5.74) is 7.69. The monoisotopic (exact) mass is 287 g/mol. The summed E-state index contributed by atoms with van der Waals surface area (Å²) in [6.45, 7) is 0. The van der Waals surface area contributed by atoms with E-state index in [-0.39, 0.29) is 0 Å². The van der Waals surface area contributed by atoms with Gasteiger partial charge in [-0.2, -0.15) is 5.10 Å². The Morgan fingerprint density at radius 3 is 2.86 bits per heavy atom. The fraction of sp³-hybridized carbons (Fsp3) is 0.0769. The van der Waals surface area contributed by atoms with Crippen LogP contribution >= 0.6 is 0 Å². The number of hydrogen-bond donors (Lipinski definition) is 2. The molecule has 0 aliphatic rings. The maximum absolute atomic E-state index is 10.2. The van der Waals surface area contributed by atoms with Crippen LogP contribution in [-0.2, 0) is 0 Å². The predicted octanol–water partition coefficient (Wildman–Crippen LogP) is 1.28. The van der Waals surface area contributed by atoms with Gasteiger partial charge in [-0.15, -0.1) is 5.10 Å². The third kappa shape index (κ3) is 3.44. The molecule has 0 heterocycles. The lowest BCUT2D eigenvalue weighted by Crippen LogP contribution is -2.35. The molecule has 0 bridgehead atoms. The van der Waals surface area contributed by atoms with Crippen LogP contribution < -0.4 is 15.9 Å². The minimum Gasteiger partial charge on any atom is -0.496 e. The van der Waals surface area contributed by atoms with Crippen LogP contribution in [0.25, 0.3) is 10.8 Å². The van der Waals surface area contributed by atoms with Crippen molar-refractivity contribution >= 4 is 22.9 Å². The van der Waals surface area contributed by atoms with E-state index in [4.69, 9.17) is 10.5 Å². The van der Waals surface area contributed by atoms with Crippen molar-refractivity contribution in [3.05, 3.63) is 52.1 Å². The Balaban J connectivity index is 2.38. The van der Waals surface area contributed by atoms with Gasteiger partial charge in [-0.3, -0.25) is 0 Å². The fourth-order valence-electron chi connectivity index (χ4n) is 1.85. The van der Waals surface area contributed by atoms with Crippen molar-refractivity contribution in [2.75, 3.05) is 7.11 Å². The maximum Gasteiger partial charge on any atom is 0.275 e. The van der Waals surface area contributed by atoms with Gasteiger partial charge in [0.05, 0.1) is 13.3 Å². The Hall–Kier alpha value is -3.16. The quantitative estimate of drug-likeness (QED) is 0.380. The molecule has 8 nitrogen and oxygen atoms in total. The minimum absolute atomic E-state index is 0.407. The summed E-state index contributed by atoms with van der Waals surface area (Å²) in [5, 5.41) is 18.6. The first-order chi connectivity index (χ1) is 10.1. The van der Waals surface area contributed by atoms with Crippen LogP contribution in [0.1, 0.15) is 5.56 Å². The average molecular weight is 287 g/mol. The van der Waals surface area contributed by atoms with Crippen LogP contribution in [0.2, 0.25) is 0 Å². The summed E-state index contributed by atoms with van der Waals surface area (Å²) in [5.74, 6) is 0.212. The molecule has 0 fully saturated rings. The van der Waals surface area contributed by atoms with Gasteiger partial charge in [0.15, 0.2) is 5.03 Å². The minimum atomic E-state index is -0.813. The Labute approximate surface area is 120 Å². The summed E-state index contributed by atoms with van der Waals surface area (Å²) >= 11 is 0. The lowest BCUT2D eigenvalue weighted by molar-refractivity contribution is -0.525. The van der Waals surface area contributed by atoms with Gasteiger partial charge in [-0.05, 0) is 16.8 Å². The van der Waals surface area contributed by atoms with Crippen LogP contribution in [0.4, 0.5) is 0 Å². The molecule has 0 radical (unpaired) electrons. The Morgan fingerprint density at radius 2 is 2.14 bits per heavy atom. The topological polar surface area (TPSA) is 115 Å². The number of nitrogens with one attached hydrogen (secondary N) is 1. The molecule has 8 heteroatoms. The Kier molecular flexibility index (Phi) is 4.30. The number of rotatable bonds is 4. The summed E-state index contributed by atoms with van der Waals surface area (Å²) in [6, 6.07) is 11.4. The van der Waals surface area contributed by atoms with E-state index in [2.05, 4.69) is 10.2 Å². The molecule has 2 rings (SSSR count). The number of ether oxygens (including phenoxy) is 1. The highest BCUT2D eigenvalue weighted by molar-refractivity contribution is 6.02. The van der Waals surface area contributed by atoms with E-state index in [1.807, 2.05) is 36.4 Å². The molecule has 0 saturated heterocycles. The van der Waals surface area contributed by atoms with Crippen LogP contribution in [-0.4, -0.2) is 24.3 Å². The van der Waals surface area contributed by atoms with Crippen LogP contribution in [0, 0.1) is 10.1 Å². The van der Waals surface area contributed by atoms with Gasteiger partial charge in [-0.25, -0.2) is 10.1 Å². The normalized spacial score (nSPS) is 11.8. The zero-order chi connectivity index (χ0) is 15.2. The van der Waals surface area contributed by atoms with Gasteiger partial charge in [0.1, 0.15) is 5.75 Å². The molecule has 0 amide bonds. The molecule has 2 aromatic carbocycles. The maximum atomic E-state index is 10.2. The molecule has 0 aliphatic carbocycles. The van der Waals surface area contributed by atoms with E-state index in [1.165, 1.54) is 6.21 Å². The largest absolute Gasteiger partial charge is 0.496 e. The van der Waals surface area contributed by atoms with Gasteiger partial charge in [0.2, 0.25) is 0 Å². The van der Waals surface area contributed by atoms with Crippen molar-refractivity contribution in [3.63, 3.8) is 0 Å². The van der Waals surface area contributed by atoms with Gasteiger partial charge in [0, 0.05) is 5.56 Å². The van der Waals surface area contributed by atoms with Gasteiger partial charge < -0.3 is 10.5 Å². The summed E-state index contributed by atoms with van der Waals surface area (Å²) < 4.78 is 5.28. The molecule has 2 aromatic rings. The van der Waals surface area contributed by atoms with E-state index in [0.29, 0.717) is 11.3 Å². The summed E-state index contributed by atoms with van der Waals surface area (Å²) in [6.07, 6.45) is 1.44. The van der Waals surface area contributed by atoms with Crippen LogP contribution in [0.5, 0.6) is 5.75 Å². The van der Waals surface area contributed by atoms with Gasteiger partial charge in [-0.1, -0.05) is 35.8 Å². The number of methoxy groups -OCH3 is 1. The number of guanidine groups is 1. The molecule has 0 saturated carbocycles. The van der Waals surface area contributed by atoms with Crippen LogP contribution in [0.15, 0.2) is 46.6 Å². The molecule has 0 unspecified atom stereocenters. The molecular weight excluding hydrogens is 274 g/mol. The van der Waals surface area contributed by atoms with Crippen molar-refractivity contribution in [1.82, 2.24) is 5.43 Å². The third-order valence-electron chi connectivity index (χ3n) is 2.71. The number of hydrazine groups is 1. The molecule has 21 heavy (non-hydrogen) atoms. The highest BCUT2D eigenvalue weighted by Gasteiger charge is 2.05. The second kappa shape index (κ2) is 6.33. The first-order valence-electron chi connectivity index (χ1n) is 5.95. The Bertz CT molecular complexity index is 727. The third-order valence-corrected chi connectivity index (χ3v) is 2.71. The molecule has 108 valence electrons. The number of hydrogen-bond acceptors (Lipinski definition) is 5. The summed E-state index contributed by atoms with van der Waals surface area (Å²) in [4.78, 5) is 10.2. The second-order valence-electron chi connectivity index (χ2n) is 4.00. The molecule has 3 N–H and O–H groups in total. The molecular formula is C13H13N5O3. The van der Waals surface area contributed by atoms with Crippen molar-refractivity contribution in [3.8, 4) is 5.75 Å². The SMILES string of the molecule is COc1ccc2ccccc2c1/C=N/N=C(\N)N[N+](=O)[O-]. The molecule has 0 atom stereocenters. The van der Waals surface area contributed by atoms with E-state index >= 15 is 0 Å². The Morgan fingerprint density at radius 1 is 1.38 bits per heavy atom. The standard InChI is InChI=1S/C13H13N5O3/c1-21-12-7-6-9-4-2-3-5-10(9)11(12)8-15-16-13(14)17-18(19)20/h2-8H,1H3,(H3,14,16,17)/b15-8+. The van der Waals surface area contributed by atoms with Crippen LogP contribution in [0.3, 0.4) is 0 Å². The highest BCUT2D eigenvalue weighted by Crippen LogP contribution is 2.26. The van der Waals surface area contributed by atoms with Crippen molar-refractivity contribution in [2.45, 2.75) is 0 Å². The number of nitro groups is 1. The van der Waals surface area contributed by atoms with Crippen molar-refractivity contribution < 1.29 is 9.77 Å². The van der Waals surface area contributed by atoms with Crippen molar-refractivity contribution in [2.24, 2.45) is 15.9 Å². The number of nitrogens with zero attached hydrogens (tertiary/aromatic N) is 3. The van der Waals surface area contributed by atoms with Gasteiger partial charge >= 0.3 is 0 Å². The first-order valence-corrected chi connectivity index (χ1v) is 5.95. The highest BCUT2D eigenvalue weighted by atomic mass is 16.7. The molecule has 0 spiro atoms. The van der Waals surface area contributed by atoms with E-state index in [9.17, 15) is 10.1 Å². The van der Waals surface area contributed by atoms with E-state index in [1.54, 1.807) is 12.5 Å². The van der Waals surface area contributed by atoms with Crippen molar-refractivity contribution in [1.29, 1.82) is 0 Å². The molecule has 0 aliphatic heterocycles. The number of benzene rings is 2. The zero-order valence-corrected chi connectivity index (χ0v) is 11.2. The lowest BCUT2D eigenvalue weighted by atomic mass is 10.0. The predicted molar refractivity (Wildman–Crippen MR) is 79.8 cm³/mol. The number of fused-ring (bicyclic) bond motifs is 1. The van der Waals surface area contributed by atoms with Gasteiger partial charge in [0.25, 0.3) is 5.96 Å². The molecule has 0 aromatic heterocycles. The smallest absolute Gasteiger partial charge is 0.275 e. The second-order valence-corrected chi connectivity index (χ2v) is 4.00. The first kappa shape index (κ1) is 14.3. The van der Waals surface area contributed by atoms with E-state index in [0.717, 1.165) is 10.8 Å². The number of nitrogens with two attached hydrogens (primary N) is 1. The zero-order valence-electron chi connectivity index (χ0n) is 11.2. The van der Waals surface area contributed by atoms with E-state index < -0.39 is 11.0 Å².